The molecule has 5 rings (SSSR count). The van der Waals surface area contributed by atoms with Crippen molar-refractivity contribution >= 4 is 41.0 Å². The molecule has 3 aliphatic heterocycles. The second-order valence-electron chi connectivity index (χ2n) is 8.31. The van der Waals surface area contributed by atoms with Crippen molar-refractivity contribution in [1.29, 1.82) is 5.41 Å². The normalized spacial score (nSPS) is 15.1. The third kappa shape index (κ3) is 3.91. The first-order valence-corrected chi connectivity index (χ1v) is 12.2. The molecule has 1 aromatic carbocycles. The molecule has 0 spiro atoms. The predicted molar refractivity (Wildman–Crippen MR) is 132 cm³/mol. The molecule has 1 fully saturated rings. The van der Waals surface area contributed by atoms with Crippen molar-refractivity contribution in [3.63, 3.8) is 0 Å². The van der Waals surface area contributed by atoms with E-state index < -0.39 is 5.56 Å². The summed E-state index contributed by atoms with van der Waals surface area (Å²) >= 11 is 7.59. The first-order valence-electron chi connectivity index (χ1n) is 11.0. The van der Waals surface area contributed by atoms with E-state index in [1.807, 2.05) is 48.7 Å². The van der Waals surface area contributed by atoms with Crippen LogP contribution in [-0.2, 0) is 4.79 Å². The lowest BCUT2D eigenvalue weighted by molar-refractivity contribution is -0.123. The number of rotatable bonds is 3. The molecule has 10 heteroatoms. The molecule has 1 amide bonds. The number of nitrogens with zero attached hydrogens (tertiary/aromatic N) is 4. The minimum atomic E-state index is -0.486. The maximum absolute atomic E-state index is 12.8. The van der Waals surface area contributed by atoms with E-state index in [0.717, 1.165) is 48.6 Å². The van der Waals surface area contributed by atoms with Crippen molar-refractivity contribution < 1.29 is 4.79 Å². The number of carbonyl (C=O) groups is 1. The van der Waals surface area contributed by atoms with Crippen molar-refractivity contribution in [3.05, 3.63) is 78.0 Å². The lowest BCUT2D eigenvalue weighted by Gasteiger charge is -2.11. The number of amides is 1. The number of H-pyrrole nitrogens is 1. The smallest absolute Gasteiger partial charge is 0.283 e. The van der Waals surface area contributed by atoms with E-state index in [2.05, 4.69) is 10.1 Å². The molecule has 3 aliphatic rings. The van der Waals surface area contributed by atoms with Gasteiger partial charge in [-0.2, -0.15) is 4.98 Å². The number of hydrogen-bond acceptors (Lipinski definition) is 5. The van der Waals surface area contributed by atoms with E-state index in [0.29, 0.717) is 14.8 Å². The third-order valence-electron chi connectivity index (χ3n) is 6.06. The second kappa shape index (κ2) is 8.73. The van der Waals surface area contributed by atoms with Gasteiger partial charge in [-0.25, -0.2) is 4.68 Å². The van der Waals surface area contributed by atoms with Gasteiger partial charge in [0.25, 0.3) is 5.56 Å². The average Bonchev–Trinajstić information content (AvgIpc) is 3.52. The zero-order valence-electron chi connectivity index (χ0n) is 18.8. The van der Waals surface area contributed by atoms with Gasteiger partial charge in [-0.15, -0.1) is 0 Å². The first-order chi connectivity index (χ1) is 16.3. The Morgan fingerprint density at radius 3 is 2.71 bits per heavy atom. The summed E-state index contributed by atoms with van der Waals surface area (Å²) in [5.74, 6) is -0.0754. The molecule has 1 saturated heterocycles. The quantitative estimate of drug-likeness (QED) is 0.454. The number of fused-ring (bicyclic) bond motifs is 1. The van der Waals surface area contributed by atoms with E-state index in [4.69, 9.17) is 17.0 Å². The van der Waals surface area contributed by atoms with E-state index in [-0.39, 0.29) is 16.6 Å². The molecule has 1 aromatic heterocycles. The molecule has 8 nitrogen and oxygen atoms in total. The Hall–Kier alpha value is -3.43. The second-order valence-corrected chi connectivity index (χ2v) is 9.73. The zero-order valence-corrected chi connectivity index (χ0v) is 20.3. The van der Waals surface area contributed by atoms with Crippen molar-refractivity contribution in [1.82, 2.24) is 24.2 Å². The van der Waals surface area contributed by atoms with Crippen LogP contribution in [0.1, 0.15) is 29.8 Å². The summed E-state index contributed by atoms with van der Waals surface area (Å²) < 4.78 is 4.01. The van der Waals surface area contributed by atoms with Gasteiger partial charge in [-0.05, 0) is 56.5 Å². The molecule has 0 atom stereocenters. The van der Waals surface area contributed by atoms with Gasteiger partial charge in [-0.3, -0.25) is 20.1 Å². The van der Waals surface area contributed by atoms with Crippen LogP contribution in [0, 0.1) is 19.3 Å². The minimum Gasteiger partial charge on any atom is -0.339 e. The van der Waals surface area contributed by atoms with Crippen LogP contribution in [0.3, 0.4) is 0 Å². The molecule has 0 bridgehead atoms. The van der Waals surface area contributed by atoms with Crippen molar-refractivity contribution in [2.75, 3.05) is 13.1 Å². The van der Waals surface area contributed by atoms with Gasteiger partial charge < -0.3 is 9.47 Å². The lowest BCUT2D eigenvalue weighted by atomic mass is 10.2. The van der Waals surface area contributed by atoms with Gasteiger partial charge >= 0.3 is 0 Å². The summed E-state index contributed by atoms with van der Waals surface area (Å²) in [5, 5.41) is 12.8. The summed E-state index contributed by atoms with van der Waals surface area (Å²) in [5.41, 5.74) is 3.01. The molecular weight excluding hydrogens is 472 g/mol. The van der Waals surface area contributed by atoms with Crippen LogP contribution in [0.25, 0.3) is 23.0 Å². The van der Waals surface area contributed by atoms with Gasteiger partial charge in [-0.1, -0.05) is 35.1 Å². The van der Waals surface area contributed by atoms with Crippen LogP contribution in [0.2, 0.25) is 5.02 Å². The number of para-hydroxylation sites is 1. The molecule has 0 unspecified atom stereocenters. The van der Waals surface area contributed by atoms with Crippen molar-refractivity contribution in [2.24, 2.45) is 0 Å². The van der Waals surface area contributed by atoms with E-state index in [1.54, 1.807) is 11.0 Å². The largest absolute Gasteiger partial charge is 0.339 e. The molecule has 2 N–H and O–H groups in total. The van der Waals surface area contributed by atoms with Crippen LogP contribution in [-0.4, -0.2) is 43.2 Å². The van der Waals surface area contributed by atoms with E-state index in [9.17, 15) is 9.59 Å². The van der Waals surface area contributed by atoms with Crippen molar-refractivity contribution in [2.45, 2.75) is 26.7 Å². The predicted octanol–water partition coefficient (Wildman–Crippen LogP) is 1.83. The van der Waals surface area contributed by atoms with Gasteiger partial charge in [0.05, 0.1) is 15.9 Å². The molecule has 174 valence electrons. The number of carbonyl (C=O) groups excluding carboxylic acids is 1. The topological polar surface area (TPSA) is 99.8 Å². The Labute approximate surface area is 203 Å². The Morgan fingerprint density at radius 1 is 1.24 bits per heavy atom. The number of halogens is 1. The summed E-state index contributed by atoms with van der Waals surface area (Å²) in [6.45, 7) is 5.43. The average molecular weight is 495 g/mol. The van der Waals surface area contributed by atoms with Crippen LogP contribution in [0.4, 0.5) is 0 Å². The number of benzene rings is 1. The molecular formula is C24H23ClN6O2S. The Bertz CT molecular complexity index is 1620. The number of aromatic amines is 1. The van der Waals surface area contributed by atoms with Crippen LogP contribution in [0.5, 0.6) is 0 Å². The summed E-state index contributed by atoms with van der Waals surface area (Å²) in [6, 6.07) is 9.53. The SMILES string of the molecule is Cc1cc(/C=c2/c(=O)nc3s/c(=C/C(=O)N4CCCC4)[nH]n-3c2=N)c(C)n1-c1ccccc1Cl. The van der Waals surface area contributed by atoms with Gasteiger partial charge in [0.1, 0.15) is 4.66 Å². The Kier molecular flexibility index (Phi) is 5.75. The highest BCUT2D eigenvalue weighted by molar-refractivity contribution is 7.11. The first kappa shape index (κ1) is 22.4. The van der Waals surface area contributed by atoms with E-state index in [1.165, 1.54) is 22.1 Å². The highest BCUT2D eigenvalue weighted by Gasteiger charge is 2.17. The van der Waals surface area contributed by atoms with E-state index >= 15 is 0 Å². The highest BCUT2D eigenvalue weighted by Crippen LogP contribution is 2.26. The molecule has 0 aliphatic carbocycles. The maximum Gasteiger partial charge on any atom is 0.283 e. The minimum absolute atomic E-state index is 0.0120. The van der Waals surface area contributed by atoms with Crippen molar-refractivity contribution in [3.8, 4) is 10.8 Å². The summed E-state index contributed by atoms with van der Waals surface area (Å²) in [4.78, 5) is 31.3. The third-order valence-corrected chi connectivity index (χ3v) is 7.26. The fourth-order valence-electron chi connectivity index (χ4n) is 4.34. The zero-order chi connectivity index (χ0) is 24.0. The van der Waals surface area contributed by atoms with Gasteiger partial charge in [0, 0.05) is 30.6 Å². The fourth-order valence-corrected chi connectivity index (χ4v) is 5.41. The van der Waals surface area contributed by atoms with Crippen LogP contribution < -0.4 is 20.9 Å². The number of aryl methyl sites for hydroxylation is 1. The Morgan fingerprint density at radius 2 is 1.97 bits per heavy atom. The standard InChI is InChI=1S/C24H23ClN6O2S/c1-14-11-16(15(2)30(14)19-8-4-3-7-18(19)25)12-17-22(26)31-24(27-23(17)33)34-20(28-31)13-21(32)29-9-5-6-10-29/h3-4,7-8,11-13,26,28H,5-6,9-10H2,1-2H3/b17-12+,20-13+,26-22?. The fraction of sp³-hybridized carbons (Fsp3) is 0.250. The molecule has 4 heterocycles. The Balaban J connectivity index is 1.62. The molecule has 0 radical (unpaired) electrons. The van der Waals surface area contributed by atoms with Crippen LogP contribution >= 0.6 is 22.9 Å². The molecule has 0 saturated carbocycles. The number of hydrogen-bond donors (Lipinski definition) is 2. The lowest BCUT2D eigenvalue weighted by Crippen LogP contribution is -2.47. The molecule has 34 heavy (non-hydrogen) atoms. The maximum atomic E-state index is 12.8. The highest BCUT2D eigenvalue weighted by atomic mass is 35.5. The summed E-state index contributed by atoms with van der Waals surface area (Å²) in [6.07, 6.45) is 5.22. The monoisotopic (exact) mass is 494 g/mol. The summed E-state index contributed by atoms with van der Waals surface area (Å²) in [7, 11) is 0. The van der Waals surface area contributed by atoms with Crippen LogP contribution in [0.15, 0.2) is 35.1 Å². The number of nitrogens with one attached hydrogen (secondary N) is 2. The van der Waals surface area contributed by atoms with Gasteiger partial charge in [0.15, 0.2) is 5.49 Å². The number of aromatic nitrogens is 4. The molecule has 2 aromatic rings. The van der Waals surface area contributed by atoms with Gasteiger partial charge in [0.2, 0.25) is 11.0 Å². The number of likely N-dealkylation sites (tertiary alicyclic amines) is 1.